The molecule has 4 aromatic rings. The summed E-state index contributed by atoms with van der Waals surface area (Å²) in [5.41, 5.74) is 1.24. The van der Waals surface area contributed by atoms with Crippen molar-refractivity contribution in [3.05, 3.63) is 119 Å². The Labute approximate surface area is 228 Å². The van der Waals surface area contributed by atoms with Crippen molar-refractivity contribution < 1.29 is 14.3 Å². The Balaban J connectivity index is 1.41. The molecule has 5 nitrogen and oxygen atoms in total. The van der Waals surface area contributed by atoms with Crippen LogP contribution in [-0.4, -0.2) is 16.9 Å². The largest absolute Gasteiger partial charge is 0.457 e. The minimum Gasteiger partial charge on any atom is -0.457 e. The van der Waals surface area contributed by atoms with Crippen molar-refractivity contribution in [2.75, 3.05) is 4.90 Å². The maximum Gasteiger partial charge on any atom is 0.270 e. The fourth-order valence-corrected chi connectivity index (χ4v) is 4.98. The second-order valence-electron chi connectivity index (χ2n) is 7.96. The highest BCUT2D eigenvalue weighted by Crippen LogP contribution is 2.33. The molecule has 1 aliphatic rings. The summed E-state index contributed by atoms with van der Waals surface area (Å²) in [6.07, 6.45) is 1.59. The van der Waals surface area contributed by atoms with E-state index in [2.05, 4.69) is 5.32 Å². The molecular formula is C29H19ClN2O3S2. The summed E-state index contributed by atoms with van der Waals surface area (Å²) in [4.78, 5) is 29.5. The molecule has 182 valence electrons. The number of halogens is 1. The Morgan fingerprint density at radius 2 is 1.46 bits per heavy atom. The summed E-state index contributed by atoms with van der Waals surface area (Å²) in [7, 11) is 0. The van der Waals surface area contributed by atoms with Crippen molar-refractivity contribution >= 4 is 64.3 Å². The molecule has 0 bridgehead atoms. The van der Waals surface area contributed by atoms with Crippen molar-refractivity contribution in [3.63, 3.8) is 0 Å². The third-order valence-corrected chi connectivity index (χ3v) is 7.07. The molecule has 0 aromatic heterocycles. The van der Waals surface area contributed by atoms with Gasteiger partial charge in [-0.1, -0.05) is 59.8 Å². The van der Waals surface area contributed by atoms with Crippen molar-refractivity contribution in [1.82, 2.24) is 5.32 Å². The van der Waals surface area contributed by atoms with Crippen LogP contribution in [0.5, 0.6) is 11.5 Å². The van der Waals surface area contributed by atoms with E-state index >= 15 is 0 Å². The van der Waals surface area contributed by atoms with Gasteiger partial charge in [-0.15, -0.1) is 0 Å². The molecule has 0 saturated carbocycles. The number of nitrogens with zero attached hydrogens (tertiary/aromatic N) is 1. The quantitative estimate of drug-likeness (QED) is 0.160. The molecule has 1 aliphatic heterocycles. The minimum absolute atomic E-state index is 0.0117. The topological polar surface area (TPSA) is 58.6 Å². The van der Waals surface area contributed by atoms with Crippen LogP contribution in [0.1, 0.15) is 5.56 Å². The zero-order valence-electron chi connectivity index (χ0n) is 19.3. The number of hydrogen-bond donors (Lipinski definition) is 1. The van der Waals surface area contributed by atoms with E-state index in [4.69, 9.17) is 28.6 Å². The van der Waals surface area contributed by atoms with E-state index in [1.54, 1.807) is 30.3 Å². The van der Waals surface area contributed by atoms with Gasteiger partial charge in [-0.3, -0.25) is 19.8 Å². The number of carbonyl (C=O) groups is 2. The number of para-hydroxylation sites is 1. The fraction of sp³-hybridized carbons (Fsp3) is 0. The van der Waals surface area contributed by atoms with Crippen LogP contribution in [-0.2, 0) is 9.59 Å². The van der Waals surface area contributed by atoms with Gasteiger partial charge in [0, 0.05) is 14.8 Å². The Bertz CT molecular complexity index is 1500. The first-order chi connectivity index (χ1) is 18.0. The molecule has 5 rings (SSSR count). The van der Waals surface area contributed by atoms with E-state index in [1.165, 1.54) is 16.7 Å². The second kappa shape index (κ2) is 11.0. The van der Waals surface area contributed by atoms with Crippen molar-refractivity contribution in [2.24, 2.45) is 0 Å². The molecule has 0 aliphatic carbocycles. The third kappa shape index (κ3) is 5.75. The molecule has 0 unspecified atom stereocenters. The lowest BCUT2D eigenvalue weighted by molar-refractivity contribution is -0.122. The zero-order valence-corrected chi connectivity index (χ0v) is 21.6. The Morgan fingerprint density at radius 3 is 2.19 bits per heavy atom. The molecule has 0 spiro atoms. The highest BCUT2D eigenvalue weighted by atomic mass is 35.5. The number of rotatable bonds is 6. The molecular weight excluding hydrogens is 524 g/mol. The number of carbonyl (C=O) groups excluding carboxylic acids is 2. The highest BCUT2D eigenvalue weighted by Gasteiger charge is 2.34. The van der Waals surface area contributed by atoms with Crippen LogP contribution in [0.25, 0.3) is 6.08 Å². The lowest BCUT2D eigenvalue weighted by Crippen LogP contribution is -2.54. The number of ether oxygens (including phenoxy) is 1. The summed E-state index contributed by atoms with van der Waals surface area (Å²) in [5, 5.41) is 3.31. The first-order valence-corrected chi connectivity index (χ1v) is 12.8. The standard InChI is InChI=1S/C29H19ClN2O3S2/c30-20-10-16-24(17-11-20)37-26-9-5-4-6-19(26)18-25-27(33)31-29(36)32(28(25)34)21-12-14-23(15-13-21)35-22-7-2-1-3-8-22/h1-18H,(H,31,33,36)/b25-18+. The van der Waals surface area contributed by atoms with Gasteiger partial charge in [-0.2, -0.15) is 0 Å². The predicted octanol–water partition coefficient (Wildman–Crippen LogP) is 7.11. The van der Waals surface area contributed by atoms with Crippen LogP contribution in [0.2, 0.25) is 5.02 Å². The van der Waals surface area contributed by atoms with Gasteiger partial charge in [0.1, 0.15) is 17.1 Å². The third-order valence-electron chi connectivity index (χ3n) is 5.44. The molecule has 8 heteroatoms. The van der Waals surface area contributed by atoms with Crippen LogP contribution in [0.3, 0.4) is 0 Å². The van der Waals surface area contributed by atoms with Crippen LogP contribution < -0.4 is 15.0 Å². The fourth-order valence-electron chi connectivity index (χ4n) is 3.66. The molecule has 1 saturated heterocycles. The summed E-state index contributed by atoms with van der Waals surface area (Å²) in [6, 6.07) is 31.4. The zero-order chi connectivity index (χ0) is 25.8. The summed E-state index contributed by atoms with van der Waals surface area (Å²) < 4.78 is 5.83. The summed E-state index contributed by atoms with van der Waals surface area (Å²) in [6.45, 7) is 0. The smallest absolute Gasteiger partial charge is 0.270 e. The summed E-state index contributed by atoms with van der Waals surface area (Å²) in [5.74, 6) is 0.268. The number of thiocarbonyl (C=S) groups is 1. The predicted molar refractivity (Wildman–Crippen MR) is 151 cm³/mol. The van der Waals surface area contributed by atoms with Crippen molar-refractivity contribution in [1.29, 1.82) is 0 Å². The first-order valence-electron chi connectivity index (χ1n) is 11.2. The number of benzene rings is 4. The SMILES string of the molecule is O=C1NC(=S)N(c2ccc(Oc3ccccc3)cc2)C(=O)/C1=C/c1ccccc1Sc1ccc(Cl)cc1. The monoisotopic (exact) mass is 542 g/mol. The highest BCUT2D eigenvalue weighted by molar-refractivity contribution is 7.99. The molecule has 1 heterocycles. The van der Waals surface area contributed by atoms with Gasteiger partial charge in [0.2, 0.25) is 0 Å². The Hall–Kier alpha value is -3.91. The van der Waals surface area contributed by atoms with Crippen LogP contribution in [0, 0.1) is 0 Å². The van der Waals surface area contributed by atoms with Gasteiger partial charge in [0.25, 0.3) is 11.8 Å². The van der Waals surface area contributed by atoms with Gasteiger partial charge >= 0.3 is 0 Å². The maximum atomic E-state index is 13.5. The van der Waals surface area contributed by atoms with E-state index < -0.39 is 11.8 Å². The van der Waals surface area contributed by atoms with Crippen LogP contribution in [0.4, 0.5) is 5.69 Å². The van der Waals surface area contributed by atoms with E-state index in [-0.39, 0.29) is 10.7 Å². The number of anilines is 1. The molecule has 2 amide bonds. The van der Waals surface area contributed by atoms with Gasteiger partial charge in [-0.05, 0) is 90.6 Å². The number of hydrogen-bond acceptors (Lipinski definition) is 5. The van der Waals surface area contributed by atoms with Crippen molar-refractivity contribution in [2.45, 2.75) is 9.79 Å². The van der Waals surface area contributed by atoms with Crippen LogP contribution in [0.15, 0.2) is 118 Å². The average Bonchev–Trinajstić information content (AvgIpc) is 2.90. The van der Waals surface area contributed by atoms with Gasteiger partial charge < -0.3 is 4.74 Å². The second-order valence-corrected chi connectivity index (χ2v) is 9.90. The lowest BCUT2D eigenvalue weighted by Gasteiger charge is -2.29. The normalized spacial score (nSPS) is 14.6. The Morgan fingerprint density at radius 1 is 0.811 bits per heavy atom. The minimum atomic E-state index is -0.540. The van der Waals surface area contributed by atoms with Crippen LogP contribution >= 0.6 is 35.6 Å². The van der Waals surface area contributed by atoms with Gasteiger partial charge in [-0.25, -0.2) is 0 Å². The number of nitrogens with one attached hydrogen (secondary N) is 1. The molecule has 1 N–H and O–H groups in total. The Kier molecular flexibility index (Phi) is 7.37. The van der Waals surface area contributed by atoms with E-state index in [0.29, 0.717) is 22.2 Å². The molecule has 4 aromatic carbocycles. The van der Waals surface area contributed by atoms with Crippen molar-refractivity contribution in [3.8, 4) is 11.5 Å². The lowest BCUT2D eigenvalue weighted by atomic mass is 10.1. The van der Waals surface area contributed by atoms with E-state index in [0.717, 1.165) is 15.4 Å². The molecule has 37 heavy (non-hydrogen) atoms. The summed E-state index contributed by atoms with van der Waals surface area (Å²) >= 11 is 12.9. The molecule has 0 atom stereocenters. The maximum absolute atomic E-state index is 13.5. The van der Waals surface area contributed by atoms with Gasteiger partial charge in [0.05, 0.1) is 5.69 Å². The molecule has 0 radical (unpaired) electrons. The van der Waals surface area contributed by atoms with E-state index in [1.807, 2.05) is 78.9 Å². The average molecular weight is 543 g/mol. The van der Waals surface area contributed by atoms with Gasteiger partial charge in [0.15, 0.2) is 5.11 Å². The molecule has 1 fully saturated rings. The van der Waals surface area contributed by atoms with E-state index in [9.17, 15) is 9.59 Å². The number of amides is 2. The first kappa shape index (κ1) is 24.8.